The van der Waals surface area contributed by atoms with E-state index in [2.05, 4.69) is 0 Å². The van der Waals surface area contributed by atoms with Crippen LogP contribution in [0, 0.1) is 13.8 Å². The normalized spacial score (nSPS) is 21.7. The number of hydrogen-bond acceptors (Lipinski definition) is 10. The first-order valence-corrected chi connectivity index (χ1v) is 11.6. The second-order valence-electron chi connectivity index (χ2n) is 9.38. The number of aromatic hydroxyl groups is 4. The highest BCUT2D eigenvalue weighted by Gasteiger charge is 2.39. The maximum atomic E-state index is 11.8. The van der Waals surface area contributed by atoms with Crippen LogP contribution in [0.2, 0.25) is 0 Å². The van der Waals surface area contributed by atoms with Crippen molar-refractivity contribution in [3.63, 3.8) is 0 Å². The number of carboxylic acids is 2. The summed E-state index contributed by atoms with van der Waals surface area (Å²) in [5, 5.41) is 57.7. The van der Waals surface area contributed by atoms with Crippen molar-refractivity contribution < 1.29 is 59.3 Å². The van der Waals surface area contributed by atoms with Crippen molar-refractivity contribution in [3.05, 3.63) is 44.5 Å². The lowest BCUT2D eigenvalue weighted by Gasteiger charge is -2.30. The molecule has 0 aromatic heterocycles. The molecule has 2 heterocycles. The highest BCUT2D eigenvalue weighted by Crippen LogP contribution is 2.46. The fourth-order valence-electron chi connectivity index (χ4n) is 4.82. The highest BCUT2D eigenvalue weighted by atomic mass is 16.5. The van der Waals surface area contributed by atoms with E-state index in [0.717, 1.165) is 0 Å². The minimum atomic E-state index is -1.50. The Hall–Kier alpha value is -4.48. The third-order valence-electron chi connectivity index (χ3n) is 7.22. The first-order valence-electron chi connectivity index (χ1n) is 11.6. The molecular formula is C26H28O12. The highest BCUT2D eigenvalue weighted by molar-refractivity contribution is 6.05. The summed E-state index contributed by atoms with van der Waals surface area (Å²) >= 11 is 0. The Balaban J connectivity index is 0.000000211. The molecule has 4 rings (SSSR count). The molecule has 4 atom stereocenters. The SMILES string of the molecule is Cc1c(O)c(C(=O)O)c(O)c2c1[C@H](C)[C@@H](C)OC2=O.Cc1c(O)c(C(=O)O)c(O)c2c1[C@H](C)[C@@H](C)OC2=O. The maximum Gasteiger partial charge on any atom is 0.343 e. The van der Waals surface area contributed by atoms with Crippen LogP contribution in [-0.4, -0.2) is 66.7 Å². The number of phenols is 4. The fraction of sp³-hybridized carbons (Fsp3) is 0.385. The molecule has 6 N–H and O–H groups in total. The number of esters is 2. The number of fused-ring (bicyclic) bond motifs is 2. The lowest BCUT2D eigenvalue weighted by molar-refractivity contribution is 0.0224. The van der Waals surface area contributed by atoms with Gasteiger partial charge in [0.05, 0.1) is 0 Å². The van der Waals surface area contributed by atoms with Crippen LogP contribution in [0.5, 0.6) is 23.0 Å². The van der Waals surface area contributed by atoms with Gasteiger partial charge in [0.15, 0.2) is 0 Å². The van der Waals surface area contributed by atoms with Crippen LogP contribution in [0.15, 0.2) is 0 Å². The van der Waals surface area contributed by atoms with Gasteiger partial charge in [0, 0.05) is 11.8 Å². The van der Waals surface area contributed by atoms with Gasteiger partial charge in [-0.3, -0.25) is 0 Å². The van der Waals surface area contributed by atoms with Gasteiger partial charge in [-0.15, -0.1) is 0 Å². The van der Waals surface area contributed by atoms with Gasteiger partial charge in [-0.25, -0.2) is 19.2 Å². The van der Waals surface area contributed by atoms with Crippen molar-refractivity contribution in [2.24, 2.45) is 0 Å². The molecule has 38 heavy (non-hydrogen) atoms. The van der Waals surface area contributed by atoms with Gasteiger partial charge in [0.2, 0.25) is 0 Å². The van der Waals surface area contributed by atoms with Gasteiger partial charge in [0.1, 0.15) is 57.5 Å². The average molecular weight is 532 g/mol. The number of carbonyl (C=O) groups excluding carboxylic acids is 2. The van der Waals surface area contributed by atoms with E-state index in [9.17, 15) is 39.6 Å². The Kier molecular flexibility index (Phi) is 7.22. The average Bonchev–Trinajstić information content (AvgIpc) is 2.80. The summed E-state index contributed by atoms with van der Waals surface area (Å²) in [7, 11) is 0. The molecule has 0 fully saturated rings. The molecule has 0 amide bonds. The standard InChI is InChI=1S/2C13H14O6/c2*1-4-6(3)19-13(18)8-7(4)5(2)10(14)9(11(8)15)12(16)17/h2*4,6,14-15H,1-3H3,(H,16,17)/t2*4-,6-/m11/s1. The minimum Gasteiger partial charge on any atom is -0.507 e. The topological polar surface area (TPSA) is 208 Å². The van der Waals surface area contributed by atoms with Crippen LogP contribution in [0.25, 0.3) is 0 Å². The number of carbonyl (C=O) groups is 4. The van der Waals surface area contributed by atoms with E-state index in [1.54, 1.807) is 27.7 Å². The molecule has 204 valence electrons. The molecule has 2 aliphatic heterocycles. The lowest BCUT2D eigenvalue weighted by atomic mass is 9.83. The number of ether oxygens (including phenoxy) is 2. The number of benzene rings is 2. The minimum absolute atomic E-state index is 0.168. The van der Waals surface area contributed by atoms with E-state index in [1.165, 1.54) is 13.8 Å². The molecule has 0 saturated carbocycles. The molecular weight excluding hydrogens is 504 g/mol. The quantitative estimate of drug-likeness (QED) is 0.307. The Morgan fingerprint density at radius 3 is 1.16 bits per heavy atom. The molecule has 0 saturated heterocycles. The third kappa shape index (κ3) is 4.21. The van der Waals surface area contributed by atoms with Crippen LogP contribution in [0.3, 0.4) is 0 Å². The zero-order valence-corrected chi connectivity index (χ0v) is 21.4. The van der Waals surface area contributed by atoms with Gasteiger partial charge >= 0.3 is 23.9 Å². The molecule has 2 aromatic carbocycles. The summed E-state index contributed by atoms with van der Waals surface area (Å²) in [5.41, 5.74) is -0.253. The second-order valence-corrected chi connectivity index (χ2v) is 9.38. The van der Waals surface area contributed by atoms with Gasteiger partial charge in [0.25, 0.3) is 0 Å². The van der Waals surface area contributed by atoms with E-state index in [0.29, 0.717) is 11.1 Å². The zero-order valence-electron chi connectivity index (χ0n) is 21.4. The Morgan fingerprint density at radius 2 is 0.895 bits per heavy atom. The third-order valence-corrected chi connectivity index (χ3v) is 7.22. The molecule has 12 heteroatoms. The second kappa shape index (κ2) is 9.77. The van der Waals surface area contributed by atoms with Crippen LogP contribution < -0.4 is 0 Å². The smallest absolute Gasteiger partial charge is 0.343 e. The van der Waals surface area contributed by atoms with Gasteiger partial charge in [-0.2, -0.15) is 0 Å². The van der Waals surface area contributed by atoms with Gasteiger partial charge in [-0.05, 0) is 49.9 Å². The summed E-state index contributed by atoms with van der Waals surface area (Å²) in [6.07, 6.45) is -0.818. The van der Waals surface area contributed by atoms with Crippen molar-refractivity contribution in [3.8, 4) is 23.0 Å². The lowest BCUT2D eigenvalue weighted by Crippen LogP contribution is -2.30. The predicted molar refractivity (Wildman–Crippen MR) is 130 cm³/mol. The molecule has 2 aromatic rings. The van der Waals surface area contributed by atoms with Crippen molar-refractivity contribution >= 4 is 23.9 Å². The predicted octanol–water partition coefficient (Wildman–Crippen LogP) is 3.53. The molecule has 0 radical (unpaired) electrons. The first-order chi connectivity index (χ1) is 17.5. The number of carboxylic acid groups (broad SMARTS) is 2. The van der Waals surface area contributed by atoms with E-state index in [-0.39, 0.29) is 34.1 Å². The van der Waals surface area contributed by atoms with Crippen LogP contribution in [0.1, 0.15) is 103 Å². The van der Waals surface area contributed by atoms with E-state index >= 15 is 0 Å². The number of hydrogen-bond donors (Lipinski definition) is 6. The molecule has 0 unspecified atom stereocenters. The number of aromatic carboxylic acids is 2. The van der Waals surface area contributed by atoms with Crippen molar-refractivity contribution in [1.29, 1.82) is 0 Å². The molecule has 12 nitrogen and oxygen atoms in total. The first kappa shape index (κ1) is 28.1. The van der Waals surface area contributed by atoms with Gasteiger partial charge < -0.3 is 40.1 Å². The Morgan fingerprint density at radius 1 is 0.605 bits per heavy atom. The molecule has 0 bridgehead atoms. The van der Waals surface area contributed by atoms with E-state index < -0.39 is 70.2 Å². The van der Waals surface area contributed by atoms with Crippen LogP contribution in [-0.2, 0) is 9.47 Å². The van der Waals surface area contributed by atoms with E-state index in [1.807, 2.05) is 0 Å². The van der Waals surface area contributed by atoms with Crippen molar-refractivity contribution in [2.75, 3.05) is 0 Å². The van der Waals surface area contributed by atoms with Crippen molar-refractivity contribution in [1.82, 2.24) is 0 Å². The van der Waals surface area contributed by atoms with Crippen LogP contribution >= 0.6 is 0 Å². The summed E-state index contributed by atoms with van der Waals surface area (Å²) in [6, 6.07) is 0. The van der Waals surface area contributed by atoms with Gasteiger partial charge in [-0.1, -0.05) is 13.8 Å². The van der Waals surface area contributed by atoms with E-state index in [4.69, 9.17) is 19.7 Å². The summed E-state index contributed by atoms with van der Waals surface area (Å²) in [4.78, 5) is 45.8. The fourth-order valence-corrected chi connectivity index (χ4v) is 4.82. The summed E-state index contributed by atoms with van der Waals surface area (Å²) < 4.78 is 10.1. The molecule has 0 aliphatic carbocycles. The van der Waals surface area contributed by atoms with Crippen LogP contribution in [0.4, 0.5) is 0 Å². The number of cyclic esters (lactones) is 2. The summed E-state index contributed by atoms with van der Waals surface area (Å²) in [5.74, 6) is -7.55. The number of rotatable bonds is 2. The Labute approximate surface area is 216 Å². The maximum absolute atomic E-state index is 11.8. The monoisotopic (exact) mass is 532 g/mol. The van der Waals surface area contributed by atoms with Crippen molar-refractivity contribution in [2.45, 2.75) is 65.6 Å². The largest absolute Gasteiger partial charge is 0.507 e. The Bertz CT molecular complexity index is 1280. The molecule has 2 aliphatic rings. The zero-order chi connectivity index (χ0) is 29.0. The molecule has 0 spiro atoms. The summed E-state index contributed by atoms with van der Waals surface area (Å²) in [6.45, 7) is 9.99.